The maximum Gasteiger partial charge on any atom is 0.416 e. The Bertz CT molecular complexity index is 814. The third-order valence-corrected chi connectivity index (χ3v) is 3.54. The molecule has 2 heterocycles. The molecule has 0 atom stereocenters. The van der Waals surface area contributed by atoms with Crippen LogP contribution in [0.1, 0.15) is 5.56 Å². The van der Waals surface area contributed by atoms with Crippen molar-refractivity contribution in [1.82, 2.24) is 19.3 Å². The molecule has 3 aromatic rings. The fourth-order valence-electron chi connectivity index (χ4n) is 2.20. The van der Waals surface area contributed by atoms with E-state index in [9.17, 15) is 13.2 Å². The van der Waals surface area contributed by atoms with Gasteiger partial charge in [0, 0.05) is 18.9 Å². The number of aromatic amines is 1. The summed E-state index contributed by atoms with van der Waals surface area (Å²) >= 11 is 5.18. The number of nitrogens with zero attached hydrogens (tertiary/aromatic N) is 3. The molecular weight excluding hydrogens is 301 g/mol. The zero-order valence-corrected chi connectivity index (χ0v) is 11.6. The van der Waals surface area contributed by atoms with Gasteiger partial charge in [-0.2, -0.15) is 18.3 Å². The molecule has 0 saturated carbocycles. The van der Waals surface area contributed by atoms with Gasteiger partial charge in [-0.15, -0.1) is 0 Å². The molecule has 0 saturated heterocycles. The molecule has 21 heavy (non-hydrogen) atoms. The Morgan fingerprint density at radius 3 is 2.71 bits per heavy atom. The number of imidazole rings is 1. The van der Waals surface area contributed by atoms with E-state index in [1.165, 1.54) is 6.07 Å². The van der Waals surface area contributed by atoms with Gasteiger partial charge in [0.25, 0.3) is 0 Å². The highest BCUT2D eigenvalue weighted by atomic mass is 32.1. The predicted octanol–water partition coefficient (Wildman–Crippen LogP) is 3.61. The summed E-state index contributed by atoms with van der Waals surface area (Å²) in [6.07, 6.45) is -0.870. The van der Waals surface area contributed by atoms with Crippen molar-refractivity contribution in [3.8, 4) is 0 Å². The van der Waals surface area contributed by atoms with Crippen molar-refractivity contribution in [3.05, 3.63) is 47.0 Å². The Morgan fingerprint density at radius 2 is 2.05 bits per heavy atom. The van der Waals surface area contributed by atoms with Crippen molar-refractivity contribution in [2.45, 2.75) is 19.3 Å². The number of rotatable bonds is 3. The zero-order chi connectivity index (χ0) is 15.0. The highest BCUT2D eigenvalue weighted by Crippen LogP contribution is 2.31. The summed E-state index contributed by atoms with van der Waals surface area (Å²) < 4.78 is 42.0. The molecule has 0 aliphatic carbocycles. The summed E-state index contributed by atoms with van der Waals surface area (Å²) in [5.74, 6) is 0. The van der Waals surface area contributed by atoms with E-state index < -0.39 is 11.7 Å². The van der Waals surface area contributed by atoms with Crippen LogP contribution in [-0.2, 0) is 19.3 Å². The van der Waals surface area contributed by atoms with Crippen LogP contribution in [0.5, 0.6) is 0 Å². The maximum atomic E-state index is 12.7. The maximum absolute atomic E-state index is 12.7. The van der Waals surface area contributed by atoms with Gasteiger partial charge in [-0.05, 0) is 36.5 Å². The highest BCUT2D eigenvalue weighted by Gasteiger charge is 2.30. The minimum absolute atomic E-state index is 0.385. The van der Waals surface area contributed by atoms with Crippen LogP contribution >= 0.6 is 12.2 Å². The minimum atomic E-state index is -4.36. The van der Waals surface area contributed by atoms with E-state index in [0.29, 0.717) is 28.9 Å². The Labute approximate surface area is 122 Å². The van der Waals surface area contributed by atoms with E-state index in [-0.39, 0.29) is 0 Å². The summed E-state index contributed by atoms with van der Waals surface area (Å²) in [6.45, 7) is 1.13. The first-order chi connectivity index (χ1) is 9.95. The normalized spacial score (nSPS) is 12.1. The molecular formula is C13H11F3N4S. The molecule has 8 heteroatoms. The lowest BCUT2D eigenvalue weighted by Gasteiger charge is -2.07. The van der Waals surface area contributed by atoms with Crippen molar-refractivity contribution < 1.29 is 13.2 Å². The van der Waals surface area contributed by atoms with Crippen molar-refractivity contribution in [1.29, 1.82) is 0 Å². The molecule has 0 spiro atoms. The summed E-state index contributed by atoms with van der Waals surface area (Å²) in [7, 11) is 0. The average molecular weight is 312 g/mol. The zero-order valence-electron chi connectivity index (χ0n) is 10.8. The van der Waals surface area contributed by atoms with E-state index in [0.717, 1.165) is 12.1 Å². The van der Waals surface area contributed by atoms with Gasteiger partial charge in [-0.3, -0.25) is 4.68 Å². The molecule has 0 radical (unpaired) electrons. The topological polar surface area (TPSA) is 38.5 Å². The Kier molecular flexibility index (Phi) is 3.32. The Hall–Kier alpha value is -2.09. The first kappa shape index (κ1) is 13.9. The molecule has 0 aliphatic heterocycles. The number of hydrogen-bond donors (Lipinski definition) is 1. The Balaban J connectivity index is 1.96. The van der Waals surface area contributed by atoms with Crippen LogP contribution in [0.25, 0.3) is 11.0 Å². The molecule has 0 bridgehead atoms. The van der Waals surface area contributed by atoms with Crippen LogP contribution in [-0.4, -0.2) is 19.3 Å². The molecule has 1 N–H and O–H groups in total. The lowest BCUT2D eigenvalue weighted by atomic mass is 10.2. The van der Waals surface area contributed by atoms with E-state index >= 15 is 0 Å². The smallest absolute Gasteiger partial charge is 0.331 e. The van der Waals surface area contributed by atoms with Gasteiger partial charge in [0.2, 0.25) is 0 Å². The molecule has 4 nitrogen and oxygen atoms in total. The largest absolute Gasteiger partial charge is 0.416 e. The van der Waals surface area contributed by atoms with Crippen molar-refractivity contribution in [3.63, 3.8) is 0 Å². The number of hydrogen-bond acceptors (Lipinski definition) is 2. The second kappa shape index (κ2) is 5.03. The fourth-order valence-corrected chi connectivity index (χ4v) is 2.50. The molecule has 0 amide bonds. The molecule has 0 aliphatic rings. The monoisotopic (exact) mass is 312 g/mol. The van der Waals surface area contributed by atoms with Gasteiger partial charge in [-0.25, -0.2) is 0 Å². The van der Waals surface area contributed by atoms with Crippen molar-refractivity contribution in [2.75, 3.05) is 0 Å². The van der Waals surface area contributed by atoms with Gasteiger partial charge in [0.1, 0.15) is 0 Å². The second-order valence-corrected chi connectivity index (χ2v) is 4.97. The van der Waals surface area contributed by atoms with Gasteiger partial charge >= 0.3 is 6.18 Å². The quantitative estimate of drug-likeness (QED) is 0.750. The van der Waals surface area contributed by atoms with Gasteiger partial charge in [0.15, 0.2) is 4.77 Å². The lowest BCUT2D eigenvalue weighted by Crippen LogP contribution is -2.08. The molecule has 0 fully saturated rings. The number of aromatic nitrogens is 4. The van der Waals surface area contributed by atoms with Crippen LogP contribution in [0.15, 0.2) is 36.7 Å². The summed E-state index contributed by atoms with van der Waals surface area (Å²) in [5, 5.41) is 4.08. The second-order valence-electron chi connectivity index (χ2n) is 4.58. The standard InChI is InChI=1S/C13H11F3N4S/c14-13(15,16)9-2-3-11-10(8-9)18-12(21)20(11)7-6-19-5-1-4-17-19/h1-5,8H,6-7H2,(H,18,21). The molecule has 3 rings (SSSR count). The lowest BCUT2D eigenvalue weighted by molar-refractivity contribution is -0.137. The predicted molar refractivity (Wildman–Crippen MR) is 74.4 cm³/mol. The van der Waals surface area contributed by atoms with E-state index in [4.69, 9.17) is 12.2 Å². The number of H-pyrrole nitrogens is 1. The van der Waals surface area contributed by atoms with E-state index in [1.54, 1.807) is 15.4 Å². The SMILES string of the molecule is FC(F)(F)c1ccc2c(c1)[nH]c(=S)n2CCn1cccn1. The first-order valence-electron chi connectivity index (χ1n) is 6.22. The van der Waals surface area contributed by atoms with Gasteiger partial charge in [0.05, 0.1) is 23.1 Å². The fraction of sp³-hybridized carbons (Fsp3) is 0.231. The van der Waals surface area contributed by atoms with Crippen LogP contribution in [0.2, 0.25) is 0 Å². The molecule has 1 aromatic carbocycles. The van der Waals surface area contributed by atoms with Crippen LogP contribution < -0.4 is 0 Å². The minimum Gasteiger partial charge on any atom is -0.331 e. The molecule has 0 unspecified atom stereocenters. The number of aryl methyl sites for hydroxylation is 2. The van der Waals surface area contributed by atoms with Crippen LogP contribution in [0.3, 0.4) is 0 Å². The van der Waals surface area contributed by atoms with E-state index in [1.807, 2.05) is 12.3 Å². The number of halogens is 3. The third kappa shape index (κ3) is 2.71. The van der Waals surface area contributed by atoms with Crippen molar-refractivity contribution in [2.24, 2.45) is 0 Å². The number of fused-ring (bicyclic) bond motifs is 1. The molecule has 2 aromatic heterocycles. The summed E-state index contributed by atoms with van der Waals surface area (Å²) in [6, 6.07) is 5.39. The van der Waals surface area contributed by atoms with Gasteiger partial charge in [-0.1, -0.05) is 0 Å². The van der Waals surface area contributed by atoms with Crippen molar-refractivity contribution >= 4 is 23.3 Å². The first-order valence-corrected chi connectivity index (χ1v) is 6.63. The summed E-state index contributed by atoms with van der Waals surface area (Å²) in [4.78, 5) is 2.82. The van der Waals surface area contributed by atoms with Gasteiger partial charge < -0.3 is 9.55 Å². The number of alkyl halides is 3. The third-order valence-electron chi connectivity index (χ3n) is 3.21. The highest BCUT2D eigenvalue weighted by molar-refractivity contribution is 7.71. The number of nitrogens with one attached hydrogen (secondary N) is 1. The average Bonchev–Trinajstić information content (AvgIpc) is 3.01. The van der Waals surface area contributed by atoms with E-state index in [2.05, 4.69) is 10.1 Å². The number of benzene rings is 1. The summed E-state index contributed by atoms with van der Waals surface area (Å²) in [5.41, 5.74) is 0.348. The Morgan fingerprint density at radius 1 is 1.24 bits per heavy atom. The van der Waals surface area contributed by atoms with Crippen LogP contribution in [0, 0.1) is 4.77 Å². The molecule has 110 valence electrons. The van der Waals surface area contributed by atoms with Crippen LogP contribution in [0.4, 0.5) is 13.2 Å².